The summed E-state index contributed by atoms with van der Waals surface area (Å²) in [6, 6.07) is 14.3. The van der Waals surface area contributed by atoms with Crippen LogP contribution in [0, 0.1) is 5.92 Å². The summed E-state index contributed by atoms with van der Waals surface area (Å²) in [5.74, 6) is -1.47. The second-order valence-corrected chi connectivity index (χ2v) is 7.60. The van der Waals surface area contributed by atoms with Gasteiger partial charge in [0.2, 0.25) is 11.8 Å². The Morgan fingerprint density at radius 3 is 2.56 bits per heavy atom. The molecule has 0 fully saturated rings. The van der Waals surface area contributed by atoms with E-state index in [1.54, 1.807) is 31.2 Å². The number of para-hydroxylation sites is 1. The highest BCUT2D eigenvalue weighted by atomic mass is 16.2. The van der Waals surface area contributed by atoms with Crippen LogP contribution >= 0.6 is 0 Å². The van der Waals surface area contributed by atoms with Crippen LogP contribution in [0.3, 0.4) is 0 Å². The first-order valence-electron chi connectivity index (χ1n) is 10.5. The molecule has 3 N–H and O–H groups in total. The fourth-order valence-corrected chi connectivity index (χ4v) is 3.82. The molecule has 164 valence electrons. The van der Waals surface area contributed by atoms with Gasteiger partial charge in [0.05, 0.1) is 5.39 Å². The number of carbonyl (C=O) groups is 3. The molecule has 9 heteroatoms. The summed E-state index contributed by atoms with van der Waals surface area (Å²) in [4.78, 5) is 49.6. The van der Waals surface area contributed by atoms with Gasteiger partial charge in [0, 0.05) is 30.0 Å². The van der Waals surface area contributed by atoms with Crippen molar-refractivity contribution >= 4 is 34.2 Å². The maximum Gasteiger partial charge on any atom is 0.290 e. The third kappa shape index (κ3) is 4.22. The van der Waals surface area contributed by atoms with Gasteiger partial charge in [-0.2, -0.15) is 5.10 Å². The van der Waals surface area contributed by atoms with E-state index in [1.807, 2.05) is 24.3 Å². The molecule has 0 unspecified atom stereocenters. The van der Waals surface area contributed by atoms with Crippen LogP contribution in [0.1, 0.15) is 35.8 Å². The van der Waals surface area contributed by atoms with Crippen LogP contribution in [0.5, 0.6) is 0 Å². The molecule has 3 amide bonds. The van der Waals surface area contributed by atoms with E-state index >= 15 is 0 Å². The minimum absolute atomic E-state index is 0.0469. The minimum Gasteiger partial charge on any atom is -0.326 e. The summed E-state index contributed by atoms with van der Waals surface area (Å²) in [5.41, 5.74) is 6.34. The van der Waals surface area contributed by atoms with Crippen LogP contribution < -0.4 is 21.7 Å². The molecule has 0 saturated heterocycles. The Labute approximate surface area is 183 Å². The molecule has 1 aromatic heterocycles. The Bertz CT molecular complexity index is 1270. The van der Waals surface area contributed by atoms with E-state index in [9.17, 15) is 19.2 Å². The first-order chi connectivity index (χ1) is 15.5. The van der Waals surface area contributed by atoms with Gasteiger partial charge < -0.3 is 5.32 Å². The number of anilines is 1. The number of rotatable bonds is 5. The molecule has 2 aromatic carbocycles. The molecule has 4 rings (SSSR count). The predicted molar refractivity (Wildman–Crippen MR) is 119 cm³/mol. The number of hydrogen-bond acceptors (Lipinski definition) is 5. The number of hydrazine groups is 1. The van der Waals surface area contributed by atoms with Gasteiger partial charge in [-0.15, -0.1) is 0 Å². The van der Waals surface area contributed by atoms with Crippen molar-refractivity contribution in [1.29, 1.82) is 0 Å². The molecular formula is C23H23N5O4. The molecule has 0 saturated carbocycles. The molecule has 0 radical (unpaired) electrons. The molecule has 1 aliphatic heterocycles. The fraction of sp³-hybridized carbons (Fsp3) is 0.261. The van der Waals surface area contributed by atoms with Crippen LogP contribution in [0.15, 0.2) is 53.3 Å². The first-order valence-corrected chi connectivity index (χ1v) is 10.5. The number of fused-ring (bicyclic) bond motifs is 2. The first kappa shape index (κ1) is 21.2. The van der Waals surface area contributed by atoms with E-state index in [0.717, 1.165) is 11.3 Å². The van der Waals surface area contributed by atoms with Crippen LogP contribution in [-0.4, -0.2) is 27.5 Å². The number of benzene rings is 2. The Kier molecular flexibility index (Phi) is 5.98. The summed E-state index contributed by atoms with van der Waals surface area (Å²) in [5, 5.41) is 7.78. The molecule has 1 aliphatic rings. The molecule has 0 aliphatic carbocycles. The molecular weight excluding hydrogens is 410 g/mol. The molecule has 9 nitrogen and oxygen atoms in total. The SMILES string of the molecule is CCn1nc(C(=O)NNC(=O)CC[C@H]2Cc3ccccc3NC2=O)c2ccccc2c1=O. The Morgan fingerprint density at radius 1 is 1.06 bits per heavy atom. The highest BCUT2D eigenvalue weighted by molar-refractivity contribution is 6.05. The lowest BCUT2D eigenvalue weighted by molar-refractivity contribution is -0.123. The van der Waals surface area contributed by atoms with Crippen molar-refractivity contribution in [3.8, 4) is 0 Å². The van der Waals surface area contributed by atoms with Crippen molar-refractivity contribution in [2.24, 2.45) is 5.92 Å². The zero-order chi connectivity index (χ0) is 22.7. The lowest BCUT2D eigenvalue weighted by Crippen LogP contribution is -2.43. The molecule has 2 heterocycles. The van der Waals surface area contributed by atoms with Crippen molar-refractivity contribution in [2.75, 3.05) is 5.32 Å². The van der Waals surface area contributed by atoms with E-state index in [4.69, 9.17) is 0 Å². The second kappa shape index (κ2) is 9.01. The zero-order valence-corrected chi connectivity index (χ0v) is 17.6. The molecule has 3 aromatic rings. The lowest BCUT2D eigenvalue weighted by Gasteiger charge is -2.24. The van der Waals surface area contributed by atoms with Crippen molar-refractivity contribution in [3.05, 3.63) is 70.1 Å². The van der Waals surface area contributed by atoms with E-state index in [1.165, 1.54) is 4.68 Å². The van der Waals surface area contributed by atoms with E-state index in [0.29, 0.717) is 30.2 Å². The third-order valence-corrected chi connectivity index (χ3v) is 5.53. The zero-order valence-electron chi connectivity index (χ0n) is 17.6. The summed E-state index contributed by atoms with van der Waals surface area (Å²) in [7, 11) is 0. The number of nitrogens with one attached hydrogen (secondary N) is 3. The van der Waals surface area contributed by atoms with Gasteiger partial charge in [0.15, 0.2) is 5.69 Å². The topological polar surface area (TPSA) is 122 Å². The summed E-state index contributed by atoms with van der Waals surface area (Å²) in [6.07, 6.45) is 0.989. The Morgan fingerprint density at radius 2 is 1.78 bits per heavy atom. The maximum absolute atomic E-state index is 12.7. The largest absolute Gasteiger partial charge is 0.326 e. The highest BCUT2D eigenvalue weighted by Gasteiger charge is 2.26. The van der Waals surface area contributed by atoms with Crippen LogP contribution in [0.2, 0.25) is 0 Å². The quantitative estimate of drug-likeness (QED) is 0.530. The van der Waals surface area contributed by atoms with Crippen molar-refractivity contribution in [2.45, 2.75) is 32.7 Å². The number of hydrogen-bond donors (Lipinski definition) is 3. The van der Waals surface area contributed by atoms with Gasteiger partial charge >= 0.3 is 0 Å². The number of aromatic nitrogens is 2. The van der Waals surface area contributed by atoms with Crippen LogP contribution in [0.25, 0.3) is 10.8 Å². The molecule has 0 spiro atoms. The van der Waals surface area contributed by atoms with Gasteiger partial charge in [0.25, 0.3) is 11.5 Å². The Balaban J connectivity index is 1.38. The summed E-state index contributed by atoms with van der Waals surface area (Å²) in [6.45, 7) is 2.06. The molecule has 0 bridgehead atoms. The minimum atomic E-state index is -0.624. The molecule has 1 atom stereocenters. The highest BCUT2D eigenvalue weighted by Crippen LogP contribution is 2.27. The van der Waals surface area contributed by atoms with Crippen molar-refractivity contribution in [1.82, 2.24) is 20.6 Å². The number of amides is 3. The summed E-state index contributed by atoms with van der Waals surface area (Å²) >= 11 is 0. The van der Waals surface area contributed by atoms with Gasteiger partial charge in [-0.3, -0.25) is 30.0 Å². The monoisotopic (exact) mass is 433 g/mol. The maximum atomic E-state index is 12.7. The lowest BCUT2D eigenvalue weighted by atomic mass is 9.89. The van der Waals surface area contributed by atoms with Gasteiger partial charge in [-0.25, -0.2) is 4.68 Å². The Hall–Kier alpha value is -4.01. The van der Waals surface area contributed by atoms with Gasteiger partial charge in [0.1, 0.15) is 0 Å². The second-order valence-electron chi connectivity index (χ2n) is 7.60. The normalized spacial score (nSPS) is 15.0. The van der Waals surface area contributed by atoms with Gasteiger partial charge in [-0.1, -0.05) is 36.4 Å². The number of nitrogens with zero attached hydrogens (tertiary/aromatic N) is 2. The average Bonchev–Trinajstić information content (AvgIpc) is 2.81. The molecule has 32 heavy (non-hydrogen) atoms. The average molecular weight is 433 g/mol. The van der Waals surface area contributed by atoms with Crippen LogP contribution in [0.4, 0.5) is 5.69 Å². The number of aryl methyl sites for hydroxylation is 1. The third-order valence-electron chi connectivity index (χ3n) is 5.53. The number of carbonyl (C=O) groups excluding carboxylic acids is 3. The van der Waals surface area contributed by atoms with Crippen molar-refractivity contribution < 1.29 is 14.4 Å². The van der Waals surface area contributed by atoms with Crippen molar-refractivity contribution in [3.63, 3.8) is 0 Å². The van der Waals surface area contributed by atoms with E-state index in [-0.39, 0.29) is 29.5 Å². The summed E-state index contributed by atoms with van der Waals surface area (Å²) < 4.78 is 1.21. The predicted octanol–water partition coefficient (Wildman–Crippen LogP) is 1.77. The smallest absolute Gasteiger partial charge is 0.290 e. The fourth-order valence-electron chi connectivity index (χ4n) is 3.82. The van der Waals surface area contributed by atoms with Gasteiger partial charge in [-0.05, 0) is 37.5 Å². The van der Waals surface area contributed by atoms with Crippen LogP contribution in [-0.2, 0) is 22.6 Å². The van der Waals surface area contributed by atoms with E-state index < -0.39 is 11.8 Å². The van der Waals surface area contributed by atoms with E-state index in [2.05, 4.69) is 21.3 Å². The standard InChI is InChI=1S/C23H23N5O4/c1-2-28-23(32)17-9-5-4-8-16(17)20(27-28)22(31)26-25-19(29)12-11-15-13-14-7-3-6-10-18(14)24-21(15)30/h3-10,15H,2,11-13H2,1H3,(H,24,30)(H,25,29)(H,26,31)/t15-/m0/s1.